The van der Waals surface area contributed by atoms with E-state index in [1.165, 1.54) is 23.2 Å². The van der Waals surface area contributed by atoms with Crippen molar-refractivity contribution in [3.8, 4) is 11.3 Å². The van der Waals surface area contributed by atoms with Crippen LogP contribution in [0.3, 0.4) is 0 Å². The molecular weight excluding hydrogens is 703 g/mol. The number of hydrogen-bond donors (Lipinski definition) is 3. The summed E-state index contributed by atoms with van der Waals surface area (Å²) >= 11 is 1.64. The largest absolute Gasteiger partial charge is 0.381 e. The molecule has 0 bridgehead atoms. The number of benzene rings is 1. The van der Waals surface area contributed by atoms with E-state index in [0.717, 1.165) is 82.0 Å². The Hall–Kier alpha value is -3.62. The minimum Gasteiger partial charge on any atom is -0.381 e. The molecule has 0 radical (unpaired) electrons. The second-order valence-corrected chi connectivity index (χ2v) is 15.5. The number of nitrogens with one attached hydrogen (secondary N) is 3. The Morgan fingerprint density at radius 1 is 1.04 bits per heavy atom. The number of H-pyrrole nitrogens is 1. The molecule has 53 heavy (non-hydrogen) atoms. The molecule has 2 aromatic rings. The molecule has 2 fully saturated rings. The molecule has 0 aliphatic carbocycles. The van der Waals surface area contributed by atoms with Crippen LogP contribution in [0.1, 0.15) is 83.0 Å². The van der Waals surface area contributed by atoms with Gasteiger partial charge in [-0.05, 0) is 93.3 Å². The topological polar surface area (TPSA) is 137 Å². The van der Waals surface area contributed by atoms with Crippen LogP contribution in [0.25, 0.3) is 11.3 Å². The van der Waals surface area contributed by atoms with Gasteiger partial charge < -0.3 is 25.3 Å². The van der Waals surface area contributed by atoms with E-state index in [9.17, 15) is 28.0 Å². The number of hydrogen-bond acceptors (Lipinski definition) is 8. The normalized spacial score (nSPS) is 19.6. The summed E-state index contributed by atoms with van der Waals surface area (Å²) in [4.78, 5) is 60.7. The number of nitrogens with zero attached hydrogens (tertiary/aromatic N) is 3. The van der Waals surface area contributed by atoms with Gasteiger partial charge in [0.15, 0.2) is 0 Å². The van der Waals surface area contributed by atoms with Crippen LogP contribution >= 0.6 is 11.8 Å². The maximum atomic E-state index is 14.7. The summed E-state index contributed by atoms with van der Waals surface area (Å²) in [6.07, 6.45) is 12.1. The number of carbonyl (C=O) groups excluding carboxylic acids is 4. The predicted octanol–water partition coefficient (Wildman–Crippen LogP) is 5.40. The summed E-state index contributed by atoms with van der Waals surface area (Å²) in [5, 5.41) is 6.44. The predicted molar refractivity (Wildman–Crippen MR) is 201 cm³/mol. The molecule has 2 saturated heterocycles. The zero-order valence-corrected chi connectivity index (χ0v) is 31.6. The molecule has 3 aliphatic rings. The van der Waals surface area contributed by atoms with E-state index in [1.54, 1.807) is 11.8 Å². The summed E-state index contributed by atoms with van der Waals surface area (Å²) in [5.41, 5.74) is 0.490. The second kappa shape index (κ2) is 20.7. The Kier molecular flexibility index (Phi) is 15.9. The quantitative estimate of drug-likeness (QED) is 0.114. The molecule has 1 aromatic heterocycles. The number of aromatic amines is 1. The van der Waals surface area contributed by atoms with Crippen LogP contribution in [0, 0.1) is 29.4 Å². The first kappa shape index (κ1) is 40.6. The zero-order chi connectivity index (χ0) is 37.6. The number of amides is 4. The average Bonchev–Trinajstić information content (AvgIpc) is 3.88. The maximum absolute atomic E-state index is 14.7. The van der Waals surface area contributed by atoms with Crippen molar-refractivity contribution in [2.24, 2.45) is 17.8 Å². The molecule has 3 unspecified atom stereocenters. The lowest BCUT2D eigenvalue weighted by molar-refractivity contribution is -0.137. The number of ether oxygens (including phenoxy) is 1. The summed E-state index contributed by atoms with van der Waals surface area (Å²) < 4.78 is 34.5. The van der Waals surface area contributed by atoms with E-state index < -0.39 is 11.6 Å². The molecule has 4 heterocycles. The number of carbonyl (C=O) groups is 4. The lowest BCUT2D eigenvalue weighted by Crippen LogP contribution is -2.45. The van der Waals surface area contributed by atoms with Crippen molar-refractivity contribution in [1.82, 2.24) is 30.4 Å². The lowest BCUT2D eigenvalue weighted by atomic mass is 9.88. The van der Waals surface area contributed by atoms with Crippen molar-refractivity contribution >= 4 is 35.4 Å². The number of unbranched alkanes of at least 4 members (excludes halogenated alkanes) is 5. The Morgan fingerprint density at radius 3 is 2.55 bits per heavy atom. The van der Waals surface area contributed by atoms with Crippen molar-refractivity contribution in [1.29, 1.82) is 0 Å². The molecular formula is C39H54F2N6O5S. The van der Waals surface area contributed by atoms with Crippen LogP contribution in [0.15, 0.2) is 36.5 Å². The molecule has 0 saturated carbocycles. The highest BCUT2D eigenvalue weighted by Crippen LogP contribution is 2.37. The minimum absolute atomic E-state index is 0.0207. The highest BCUT2D eigenvalue weighted by Gasteiger charge is 2.38. The maximum Gasteiger partial charge on any atom is 0.253 e. The Morgan fingerprint density at radius 2 is 1.79 bits per heavy atom. The number of halogens is 2. The fraction of sp³-hybridized carbons (Fsp3) is 0.615. The summed E-state index contributed by atoms with van der Waals surface area (Å²) in [7, 11) is 0. The molecule has 1 aromatic carbocycles. The first-order chi connectivity index (χ1) is 25.7. The minimum atomic E-state index is -0.543. The standard InChI is InChI=1S/C39H54F2N6O5S/c1-27-22-42-23-29(27)25-47(38(28-14-18-52-19-15-28)39-44-24-33(45-39)31-21-30(40)10-11-32(31)41)37(51)26-53-20-8-3-2-6-16-43-34(48)9-5-4-7-17-46-35(49)12-13-36(46)50/h10-13,21,24,27-29,38,42H,2-9,14-20,22-23,25-26H2,1H3,(H,43,48)(H,44,45). The van der Waals surface area contributed by atoms with Crippen molar-refractivity contribution in [2.75, 3.05) is 57.4 Å². The summed E-state index contributed by atoms with van der Waals surface area (Å²) in [6, 6.07) is 3.02. The van der Waals surface area contributed by atoms with Crippen molar-refractivity contribution in [2.45, 2.75) is 77.2 Å². The van der Waals surface area contributed by atoms with E-state index in [0.29, 0.717) is 81.2 Å². The highest BCUT2D eigenvalue weighted by molar-refractivity contribution is 7.99. The number of thioether (sulfide) groups is 1. The van der Waals surface area contributed by atoms with Crippen molar-refractivity contribution < 1.29 is 32.7 Å². The Balaban J connectivity index is 1.06. The first-order valence-corrected chi connectivity index (χ1v) is 20.3. The van der Waals surface area contributed by atoms with Crippen molar-refractivity contribution in [3.05, 3.63) is 54.0 Å². The molecule has 14 heteroatoms. The average molecular weight is 757 g/mol. The van der Waals surface area contributed by atoms with Gasteiger partial charge in [-0.1, -0.05) is 26.2 Å². The fourth-order valence-corrected chi connectivity index (χ4v) is 8.23. The van der Waals surface area contributed by atoms with Crippen LogP contribution in [0.4, 0.5) is 8.78 Å². The first-order valence-electron chi connectivity index (χ1n) is 19.2. The third-order valence-corrected chi connectivity index (χ3v) is 11.5. The summed E-state index contributed by atoms with van der Waals surface area (Å²) in [5.74, 6) is 1.05. The highest BCUT2D eigenvalue weighted by atomic mass is 32.2. The van der Waals surface area contributed by atoms with E-state index in [4.69, 9.17) is 4.74 Å². The van der Waals surface area contributed by atoms with Crippen LogP contribution in [0.2, 0.25) is 0 Å². The second-order valence-electron chi connectivity index (χ2n) is 14.4. The number of aromatic nitrogens is 2. The van der Waals surface area contributed by atoms with Crippen LogP contribution < -0.4 is 10.6 Å². The molecule has 3 aliphatic heterocycles. The summed E-state index contributed by atoms with van der Waals surface area (Å²) in [6.45, 7) is 6.75. The van der Waals surface area contributed by atoms with Gasteiger partial charge in [0, 0.05) is 57.0 Å². The Bertz CT molecular complexity index is 1550. The van der Waals surface area contributed by atoms with Gasteiger partial charge in [-0.3, -0.25) is 24.1 Å². The van der Waals surface area contributed by atoms with E-state index in [1.807, 2.05) is 4.90 Å². The number of rotatable bonds is 21. The third-order valence-electron chi connectivity index (χ3n) is 10.5. The molecule has 0 spiro atoms. The molecule has 3 N–H and O–H groups in total. The van der Waals surface area contributed by atoms with Crippen LogP contribution in [0.5, 0.6) is 0 Å². The Labute approximate surface area is 315 Å². The third kappa shape index (κ3) is 11.9. The van der Waals surface area contributed by atoms with Crippen LogP contribution in [-0.2, 0) is 23.9 Å². The van der Waals surface area contributed by atoms with Gasteiger partial charge in [0.25, 0.3) is 11.8 Å². The SMILES string of the molecule is CC1CNCC1CN(C(=O)CSCCCCCCNC(=O)CCCCCN1C(=O)C=CC1=O)C(c1ncc(-c2cc(F)ccc2F)[nH]1)C1CCOCC1. The van der Waals surface area contributed by atoms with Gasteiger partial charge in [-0.15, -0.1) is 0 Å². The van der Waals surface area contributed by atoms with E-state index >= 15 is 0 Å². The number of imide groups is 1. The lowest BCUT2D eigenvalue weighted by Gasteiger charge is -2.39. The fourth-order valence-electron chi connectivity index (χ4n) is 7.34. The smallest absolute Gasteiger partial charge is 0.253 e. The number of imidazole rings is 1. The van der Waals surface area contributed by atoms with Crippen molar-refractivity contribution in [3.63, 3.8) is 0 Å². The van der Waals surface area contributed by atoms with Gasteiger partial charge in [-0.2, -0.15) is 11.8 Å². The van der Waals surface area contributed by atoms with E-state index in [2.05, 4.69) is 27.5 Å². The molecule has 5 rings (SSSR count). The van der Waals surface area contributed by atoms with Gasteiger partial charge >= 0.3 is 0 Å². The molecule has 290 valence electrons. The molecule has 11 nitrogen and oxygen atoms in total. The van der Waals surface area contributed by atoms with Gasteiger partial charge in [0.05, 0.1) is 23.7 Å². The zero-order valence-electron chi connectivity index (χ0n) is 30.8. The van der Waals surface area contributed by atoms with Gasteiger partial charge in [0.2, 0.25) is 11.8 Å². The van der Waals surface area contributed by atoms with Gasteiger partial charge in [-0.25, -0.2) is 13.8 Å². The molecule has 3 atom stereocenters. The van der Waals surface area contributed by atoms with E-state index in [-0.39, 0.29) is 41.2 Å². The monoisotopic (exact) mass is 756 g/mol. The van der Waals surface area contributed by atoms with Gasteiger partial charge in [0.1, 0.15) is 17.5 Å². The molecule has 4 amide bonds. The van der Waals surface area contributed by atoms with Crippen LogP contribution in [-0.4, -0.2) is 101 Å².